The molecule has 1 heterocycles. The molecular weight excluding hydrogens is 236 g/mol. The van der Waals surface area contributed by atoms with Gasteiger partial charge in [-0.15, -0.1) is 0 Å². The van der Waals surface area contributed by atoms with Crippen LogP contribution in [0.2, 0.25) is 0 Å². The van der Waals surface area contributed by atoms with E-state index in [-0.39, 0.29) is 10.7 Å². The summed E-state index contributed by atoms with van der Waals surface area (Å²) in [6, 6.07) is 0. The molecule has 1 aromatic rings. The Labute approximate surface area is 105 Å². The highest BCUT2D eigenvalue weighted by molar-refractivity contribution is 8.00. The first-order valence-electron chi connectivity index (χ1n) is 5.72. The number of nitrogens with two attached hydrogens (primary N) is 1. The zero-order valence-electron chi connectivity index (χ0n) is 10.2. The summed E-state index contributed by atoms with van der Waals surface area (Å²) in [5.41, 5.74) is 7.24. The van der Waals surface area contributed by atoms with Crippen LogP contribution in [0.15, 0.2) is 0 Å². The van der Waals surface area contributed by atoms with Crippen molar-refractivity contribution in [3.05, 3.63) is 11.4 Å². The van der Waals surface area contributed by atoms with Gasteiger partial charge in [0.25, 0.3) is 5.91 Å². The van der Waals surface area contributed by atoms with Gasteiger partial charge in [-0.25, -0.2) is 0 Å². The summed E-state index contributed by atoms with van der Waals surface area (Å²) in [5.74, 6) is -0.188. The van der Waals surface area contributed by atoms with Crippen molar-refractivity contribution in [2.75, 3.05) is 18.5 Å². The molecule has 1 fully saturated rings. The maximum atomic E-state index is 11.9. The number of thioether (sulfide) groups is 1. The van der Waals surface area contributed by atoms with Crippen molar-refractivity contribution in [2.45, 2.75) is 30.9 Å². The number of aromatic nitrogens is 2. The molecule has 1 amide bonds. The number of hydrogen-bond donors (Lipinski definition) is 3. The standard InChI is InChI=1S/C11H18N4OS/c1-7-8(12)9(15-14-7)10(16)13-6-11(17-2)4-3-5-11/h3-6,12H2,1-2H3,(H,13,16)(H,14,15). The van der Waals surface area contributed by atoms with Crippen LogP contribution in [-0.2, 0) is 0 Å². The smallest absolute Gasteiger partial charge is 0.273 e. The molecule has 4 N–H and O–H groups in total. The van der Waals surface area contributed by atoms with Gasteiger partial charge in [-0.3, -0.25) is 9.89 Å². The molecule has 1 aromatic heterocycles. The van der Waals surface area contributed by atoms with Gasteiger partial charge in [-0.2, -0.15) is 16.9 Å². The molecule has 0 spiro atoms. The summed E-state index contributed by atoms with van der Waals surface area (Å²) in [6.45, 7) is 2.49. The monoisotopic (exact) mass is 254 g/mol. The van der Waals surface area contributed by atoms with Crippen molar-refractivity contribution in [2.24, 2.45) is 0 Å². The minimum absolute atomic E-state index is 0.188. The molecule has 2 rings (SSSR count). The van der Waals surface area contributed by atoms with Gasteiger partial charge >= 0.3 is 0 Å². The fourth-order valence-electron chi connectivity index (χ4n) is 1.96. The molecule has 0 atom stereocenters. The van der Waals surface area contributed by atoms with Crippen LogP contribution in [0.1, 0.15) is 35.4 Å². The van der Waals surface area contributed by atoms with Crippen LogP contribution in [0, 0.1) is 6.92 Å². The fraction of sp³-hybridized carbons (Fsp3) is 0.636. The van der Waals surface area contributed by atoms with E-state index in [9.17, 15) is 4.79 Å². The third-order valence-corrected chi connectivity index (χ3v) is 4.90. The molecule has 94 valence electrons. The number of aromatic amines is 1. The molecule has 0 unspecified atom stereocenters. The summed E-state index contributed by atoms with van der Waals surface area (Å²) in [6.07, 6.45) is 5.69. The van der Waals surface area contributed by atoms with Gasteiger partial charge in [-0.05, 0) is 26.0 Å². The number of rotatable bonds is 4. The van der Waals surface area contributed by atoms with Gasteiger partial charge in [0.05, 0.1) is 11.4 Å². The zero-order valence-corrected chi connectivity index (χ0v) is 11.0. The Morgan fingerprint density at radius 2 is 2.35 bits per heavy atom. The number of nitrogen functional groups attached to an aromatic ring is 1. The van der Waals surface area contributed by atoms with Crippen LogP contribution in [0.3, 0.4) is 0 Å². The van der Waals surface area contributed by atoms with E-state index in [0.717, 1.165) is 5.69 Å². The highest BCUT2D eigenvalue weighted by Gasteiger charge is 2.36. The van der Waals surface area contributed by atoms with Gasteiger partial charge < -0.3 is 11.1 Å². The number of amides is 1. The number of carbonyl (C=O) groups excluding carboxylic acids is 1. The van der Waals surface area contributed by atoms with Crippen LogP contribution in [0.4, 0.5) is 5.69 Å². The lowest BCUT2D eigenvalue weighted by molar-refractivity contribution is 0.0940. The van der Waals surface area contributed by atoms with E-state index in [0.29, 0.717) is 17.9 Å². The van der Waals surface area contributed by atoms with Crippen LogP contribution in [-0.4, -0.2) is 33.7 Å². The van der Waals surface area contributed by atoms with E-state index in [1.54, 1.807) is 6.92 Å². The summed E-state index contributed by atoms with van der Waals surface area (Å²) >= 11 is 1.83. The molecule has 0 aromatic carbocycles. The van der Waals surface area contributed by atoms with Crippen LogP contribution < -0.4 is 11.1 Å². The van der Waals surface area contributed by atoms with E-state index in [4.69, 9.17) is 5.73 Å². The Morgan fingerprint density at radius 1 is 1.65 bits per heavy atom. The second-order valence-electron chi connectivity index (χ2n) is 4.53. The van der Waals surface area contributed by atoms with Crippen molar-refractivity contribution in [3.8, 4) is 0 Å². The van der Waals surface area contributed by atoms with Crippen molar-refractivity contribution in [3.63, 3.8) is 0 Å². The molecule has 0 aliphatic heterocycles. The van der Waals surface area contributed by atoms with Gasteiger partial charge in [0.15, 0.2) is 5.69 Å². The number of nitrogens with one attached hydrogen (secondary N) is 2. The highest BCUT2D eigenvalue weighted by atomic mass is 32.2. The normalized spacial score (nSPS) is 17.5. The van der Waals surface area contributed by atoms with E-state index in [1.165, 1.54) is 19.3 Å². The number of H-pyrrole nitrogens is 1. The van der Waals surface area contributed by atoms with E-state index < -0.39 is 0 Å². The van der Waals surface area contributed by atoms with Crippen molar-refractivity contribution >= 4 is 23.4 Å². The molecule has 0 saturated heterocycles. The van der Waals surface area contributed by atoms with Crippen molar-refractivity contribution < 1.29 is 4.79 Å². The second-order valence-corrected chi connectivity index (χ2v) is 5.81. The average Bonchev–Trinajstić information content (AvgIpc) is 2.59. The molecule has 1 aliphatic carbocycles. The number of hydrogen-bond acceptors (Lipinski definition) is 4. The maximum Gasteiger partial charge on any atom is 0.273 e. The Morgan fingerprint density at radius 3 is 2.76 bits per heavy atom. The summed E-state index contributed by atoms with van der Waals surface area (Å²) < 4.78 is 0.232. The summed E-state index contributed by atoms with van der Waals surface area (Å²) in [4.78, 5) is 11.9. The third-order valence-electron chi connectivity index (χ3n) is 3.48. The molecule has 1 aliphatic rings. The Hall–Kier alpha value is -1.17. The first-order valence-corrected chi connectivity index (χ1v) is 6.94. The van der Waals surface area contributed by atoms with Crippen LogP contribution >= 0.6 is 11.8 Å². The fourth-order valence-corrected chi connectivity index (χ4v) is 2.87. The predicted octanol–water partition coefficient (Wildman–Crippen LogP) is 1.32. The van der Waals surface area contributed by atoms with Gasteiger partial charge in [0.1, 0.15) is 0 Å². The van der Waals surface area contributed by atoms with Crippen molar-refractivity contribution in [1.82, 2.24) is 15.5 Å². The molecular formula is C11H18N4OS. The van der Waals surface area contributed by atoms with Crippen LogP contribution in [0.5, 0.6) is 0 Å². The minimum Gasteiger partial charge on any atom is -0.395 e. The lowest BCUT2D eigenvalue weighted by atomic mass is 9.84. The third kappa shape index (κ3) is 2.26. The molecule has 17 heavy (non-hydrogen) atoms. The molecule has 1 saturated carbocycles. The molecule has 0 bridgehead atoms. The number of carbonyl (C=O) groups is 1. The second kappa shape index (κ2) is 4.60. The number of anilines is 1. The Bertz CT molecular complexity index is 420. The predicted molar refractivity (Wildman–Crippen MR) is 70.2 cm³/mol. The van der Waals surface area contributed by atoms with E-state index in [1.807, 2.05) is 11.8 Å². The molecule has 0 radical (unpaired) electrons. The van der Waals surface area contributed by atoms with Gasteiger partial charge in [0.2, 0.25) is 0 Å². The Balaban J connectivity index is 1.96. The highest BCUT2D eigenvalue weighted by Crippen LogP contribution is 2.42. The molecule has 6 heteroatoms. The van der Waals surface area contributed by atoms with Crippen molar-refractivity contribution in [1.29, 1.82) is 0 Å². The van der Waals surface area contributed by atoms with Crippen LogP contribution in [0.25, 0.3) is 0 Å². The lowest BCUT2D eigenvalue weighted by Gasteiger charge is -2.40. The Kier molecular flexibility index (Phi) is 3.33. The summed E-state index contributed by atoms with van der Waals surface area (Å²) in [5, 5.41) is 9.56. The number of nitrogens with zero attached hydrogens (tertiary/aromatic N) is 1. The minimum atomic E-state index is -0.188. The lowest BCUT2D eigenvalue weighted by Crippen LogP contribution is -2.45. The van der Waals surface area contributed by atoms with E-state index in [2.05, 4.69) is 21.8 Å². The van der Waals surface area contributed by atoms with Gasteiger partial charge in [0, 0.05) is 11.3 Å². The zero-order chi connectivity index (χ0) is 12.5. The SMILES string of the molecule is CSC1(CNC(=O)c2n[nH]c(C)c2N)CCC1. The quantitative estimate of drug-likeness (QED) is 0.756. The number of aryl methyl sites for hydroxylation is 1. The largest absolute Gasteiger partial charge is 0.395 e. The topological polar surface area (TPSA) is 83.8 Å². The van der Waals surface area contributed by atoms with Gasteiger partial charge in [-0.1, -0.05) is 6.42 Å². The first kappa shape index (κ1) is 12.3. The van der Waals surface area contributed by atoms with E-state index >= 15 is 0 Å². The average molecular weight is 254 g/mol. The molecule has 5 nitrogen and oxygen atoms in total. The maximum absolute atomic E-state index is 11.9. The summed E-state index contributed by atoms with van der Waals surface area (Å²) in [7, 11) is 0. The first-order chi connectivity index (χ1) is 8.08.